The van der Waals surface area contributed by atoms with Crippen LogP contribution >= 0.6 is 22.7 Å². The Labute approximate surface area is 334 Å². The molecule has 0 radical (unpaired) electrons. The molecule has 0 atom stereocenters. The summed E-state index contributed by atoms with van der Waals surface area (Å²) in [6.45, 7) is 0. The summed E-state index contributed by atoms with van der Waals surface area (Å²) in [5, 5.41) is 13.8. The van der Waals surface area contributed by atoms with E-state index in [1.54, 1.807) is 11.3 Å². The summed E-state index contributed by atoms with van der Waals surface area (Å²) in [7, 11) is 0. The summed E-state index contributed by atoms with van der Waals surface area (Å²) in [5.74, 6) is 0.683. The number of hydrogen-bond donors (Lipinski definition) is 0. The molecular formula is C52H29N3S2. The molecule has 0 amide bonds. The first-order chi connectivity index (χ1) is 28.3. The minimum Gasteiger partial charge on any atom is -0.276 e. The van der Waals surface area contributed by atoms with Crippen LogP contribution in [0.2, 0.25) is 0 Å². The lowest BCUT2D eigenvalue weighted by Crippen LogP contribution is -2.03. The van der Waals surface area contributed by atoms with Crippen LogP contribution < -0.4 is 0 Å². The summed E-state index contributed by atoms with van der Waals surface area (Å²) >= 11 is 3.65. The fourth-order valence-corrected chi connectivity index (χ4v) is 11.8. The zero-order chi connectivity index (χ0) is 37.2. The molecule has 4 heterocycles. The molecule has 5 heteroatoms. The molecule has 264 valence electrons. The minimum absolute atomic E-state index is 0.683. The third kappa shape index (κ3) is 4.35. The second-order valence-electron chi connectivity index (χ2n) is 14.8. The maximum absolute atomic E-state index is 5.63. The van der Waals surface area contributed by atoms with Crippen LogP contribution in [0.25, 0.3) is 123 Å². The maximum atomic E-state index is 5.63. The normalized spacial score (nSPS) is 12.2. The predicted molar refractivity (Wildman–Crippen MR) is 246 cm³/mol. The van der Waals surface area contributed by atoms with Gasteiger partial charge in [-0.15, -0.1) is 22.7 Å². The van der Waals surface area contributed by atoms with Crippen LogP contribution in [0.15, 0.2) is 176 Å². The SMILES string of the molecule is c1ccc(-c2ccc(-c3nc(-n4c5ccccc5c5c6c7ccccc7c7ccccc7c6c6c7ccccc7sc6c54)nc4c3sc3ccccc34)cc2)cc1. The van der Waals surface area contributed by atoms with Crippen molar-refractivity contribution in [2.24, 2.45) is 0 Å². The highest BCUT2D eigenvalue weighted by molar-refractivity contribution is 7.27. The molecule has 0 unspecified atom stereocenters. The second-order valence-corrected chi connectivity index (χ2v) is 16.9. The van der Waals surface area contributed by atoms with E-state index in [0.717, 1.165) is 37.9 Å². The maximum Gasteiger partial charge on any atom is 0.235 e. The van der Waals surface area contributed by atoms with E-state index in [9.17, 15) is 0 Å². The Morgan fingerprint density at radius 3 is 1.58 bits per heavy atom. The molecule has 0 saturated heterocycles. The Bertz CT molecular complexity index is 3800. The van der Waals surface area contributed by atoms with Crippen LogP contribution in [-0.4, -0.2) is 14.5 Å². The topological polar surface area (TPSA) is 30.7 Å². The van der Waals surface area contributed by atoms with Gasteiger partial charge in [-0.2, -0.15) is 0 Å². The van der Waals surface area contributed by atoms with Gasteiger partial charge in [-0.05, 0) is 50.9 Å². The van der Waals surface area contributed by atoms with Gasteiger partial charge in [0.25, 0.3) is 0 Å². The second kappa shape index (κ2) is 11.8. The summed E-state index contributed by atoms with van der Waals surface area (Å²) in [5.41, 5.74) is 7.65. The van der Waals surface area contributed by atoms with Crippen molar-refractivity contribution < 1.29 is 0 Å². The Morgan fingerprint density at radius 2 is 0.860 bits per heavy atom. The highest BCUT2D eigenvalue weighted by atomic mass is 32.1. The summed E-state index contributed by atoms with van der Waals surface area (Å²) < 4.78 is 7.21. The van der Waals surface area contributed by atoms with Gasteiger partial charge in [-0.1, -0.05) is 158 Å². The molecule has 0 spiro atoms. The zero-order valence-electron chi connectivity index (χ0n) is 30.4. The van der Waals surface area contributed by atoms with Crippen LogP contribution in [0, 0.1) is 0 Å². The van der Waals surface area contributed by atoms with Gasteiger partial charge in [-0.3, -0.25) is 4.57 Å². The molecule has 57 heavy (non-hydrogen) atoms. The van der Waals surface area contributed by atoms with Crippen molar-refractivity contribution in [2.75, 3.05) is 0 Å². The Kier molecular flexibility index (Phi) is 6.48. The molecule has 4 aromatic heterocycles. The first kappa shape index (κ1) is 31.3. The average Bonchev–Trinajstić information content (AvgIpc) is 3.96. The fourth-order valence-electron chi connectivity index (χ4n) is 9.36. The quantitative estimate of drug-likeness (QED) is 0.168. The number of para-hydroxylation sites is 1. The molecule has 0 aliphatic carbocycles. The van der Waals surface area contributed by atoms with E-state index in [1.807, 2.05) is 11.3 Å². The molecule has 0 N–H and O–H groups in total. The minimum atomic E-state index is 0.683. The third-order valence-corrected chi connectivity index (χ3v) is 14.1. The molecule has 0 bridgehead atoms. The van der Waals surface area contributed by atoms with E-state index in [1.165, 1.54) is 79.1 Å². The van der Waals surface area contributed by atoms with E-state index < -0.39 is 0 Å². The first-order valence-electron chi connectivity index (χ1n) is 19.3. The molecule has 9 aromatic carbocycles. The van der Waals surface area contributed by atoms with Crippen LogP contribution in [0.5, 0.6) is 0 Å². The van der Waals surface area contributed by atoms with Crippen LogP contribution in [0.1, 0.15) is 0 Å². The lowest BCUT2D eigenvalue weighted by molar-refractivity contribution is 1.02. The molecule has 0 fully saturated rings. The van der Waals surface area contributed by atoms with Gasteiger partial charge in [-0.25, -0.2) is 9.97 Å². The number of thiophene rings is 2. The number of rotatable bonds is 3. The molecule has 0 aliphatic rings. The highest BCUT2D eigenvalue weighted by Crippen LogP contribution is 2.52. The fraction of sp³-hybridized carbons (Fsp3) is 0. The molecular weight excluding hydrogens is 731 g/mol. The lowest BCUT2D eigenvalue weighted by atomic mass is 9.89. The number of nitrogens with zero attached hydrogens (tertiary/aromatic N) is 3. The Morgan fingerprint density at radius 1 is 0.351 bits per heavy atom. The average molecular weight is 760 g/mol. The number of hydrogen-bond acceptors (Lipinski definition) is 4. The number of benzene rings is 9. The van der Waals surface area contributed by atoms with Crippen molar-refractivity contribution in [1.82, 2.24) is 14.5 Å². The summed E-state index contributed by atoms with van der Waals surface area (Å²) in [6, 6.07) is 63.8. The van der Waals surface area contributed by atoms with E-state index in [2.05, 4.69) is 180 Å². The van der Waals surface area contributed by atoms with Crippen molar-refractivity contribution in [2.45, 2.75) is 0 Å². The number of aromatic nitrogens is 3. The number of fused-ring (bicyclic) bond motifs is 18. The van der Waals surface area contributed by atoms with Gasteiger partial charge in [0.05, 0.1) is 31.6 Å². The van der Waals surface area contributed by atoms with E-state index in [0.29, 0.717) is 5.95 Å². The van der Waals surface area contributed by atoms with Crippen molar-refractivity contribution in [3.05, 3.63) is 176 Å². The monoisotopic (exact) mass is 759 g/mol. The van der Waals surface area contributed by atoms with Crippen molar-refractivity contribution in [3.8, 4) is 28.3 Å². The largest absolute Gasteiger partial charge is 0.276 e. The molecule has 13 aromatic rings. The van der Waals surface area contributed by atoms with Crippen molar-refractivity contribution >= 4 is 117 Å². The highest BCUT2D eigenvalue weighted by Gasteiger charge is 2.26. The van der Waals surface area contributed by atoms with Gasteiger partial charge < -0.3 is 0 Å². The lowest BCUT2D eigenvalue weighted by Gasteiger charge is -2.15. The predicted octanol–water partition coefficient (Wildman–Crippen LogP) is 15.1. The molecule has 3 nitrogen and oxygen atoms in total. The Hall–Kier alpha value is -6.92. The van der Waals surface area contributed by atoms with Gasteiger partial charge in [0.15, 0.2) is 0 Å². The van der Waals surface area contributed by atoms with E-state index in [4.69, 9.17) is 9.97 Å². The standard InChI is InChI=1S/C52H29N3S2/c1-2-14-30(15-3-1)31-26-28-32(29-27-31)47-51-48(39-22-10-13-25-42(39)57-51)54-52(53-47)55-40-23-11-8-20-37(40)45-43-35-18-6-4-16-33(35)34-17-5-7-19-36(34)44(43)46-38-21-9-12-24-41(38)56-50(46)49(45)55/h1-29H. The van der Waals surface area contributed by atoms with Gasteiger partial charge in [0.1, 0.15) is 0 Å². The van der Waals surface area contributed by atoms with E-state index in [-0.39, 0.29) is 0 Å². The van der Waals surface area contributed by atoms with Crippen LogP contribution in [0.4, 0.5) is 0 Å². The van der Waals surface area contributed by atoms with Crippen LogP contribution in [-0.2, 0) is 0 Å². The first-order valence-corrected chi connectivity index (χ1v) is 20.9. The zero-order valence-corrected chi connectivity index (χ0v) is 32.0. The summed E-state index contributed by atoms with van der Waals surface area (Å²) in [4.78, 5) is 11.2. The Balaban J connectivity index is 1.23. The van der Waals surface area contributed by atoms with Crippen molar-refractivity contribution in [1.29, 1.82) is 0 Å². The van der Waals surface area contributed by atoms with E-state index >= 15 is 0 Å². The molecule has 0 aliphatic heterocycles. The van der Waals surface area contributed by atoms with Gasteiger partial charge in [0, 0.05) is 52.7 Å². The van der Waals surface area contributed by atoms with Gasteiger partial charge >= 0.3 is 0 Å². The van der Waals surface area contributed by atoms with Crippen LogP contribution in [0.3, 0.4) is 0 Å². The molecule has 13 rings (SSSR count). The summed E-state index contributed by atoms with van der Waals surface area (Å²) in [6.07, 6.45) is 0. The third-order valence-electron chi connectivity index (χ3n) is 11.8. The van der Waals surface area contributed by atoms with Gasteiger partial charge in [0.2, 0.25) is 5.95 Å². The van der Waals surface area contributed by atoms with Crippen molar-refractivity contribution in [3.63, 3.8) is 0 Å². The molecule has 0 saturated carbocycles. The smallest absolute Gasteiger partial charge is 0.235 e.